The van der Waals surface area contributed by atoms with E-state index in [1.807, 2.05) is 7.05 Å². The van der Waals surface area contributed by atoms with Gasteiger partial charge >= 0.3 is 0 Å². The normalized spacial score (nSPS) is 21.7. The van der Waals surface area contributed by atoms with Crippen LogP contribution in [0, 0.1) is 5.41 Å². The van der Waals surface area contributed by atoms with Crippen molar-refractivity contribution in [3.05, 3.63) is 0 Å². The highest BCUT2D eigenvalue weighted by molar-refractivity contribution is 5.76. The van der Waals surface area contributed by atoms with Gasteiger partial charge in [-0.05, 0) is 18.3 Å². The Morgan fingerprint density at radius 1 is 1.47 bits per heavy atom. The average molecular weight is 213 g/mol. The minimum absolute atomic E-state index is 0.0713. The molecule has 88 valence electrons. The summed E-state index contributed by atoms with van der Waals surface area (Å²) in [5.74, 6) is 0.220. The number of amides is 1. The Kier molecular flexibility index (Phi) is 4.14. The number of rotatable bonds is 3. The fourth-order valence-electron chi connectivity index (χ4n) is 1.78. The lowest BCUT2D eigenvalue weighted by molar-refractivity contribution is -0.133. The van der Waals surface area contributed by atoms with E-state index in [-0.39, 0.29) is 17.4 Å². The molecule has 1 atom stereocenters. The molecule has 1 aliphatic rings. The molecule has 0 aromatic heterocycles. The minimum atomic E-state index is 0.0713. The molecular weight excluding hydrogens is 190 g/mol. The van der Waals surface area contributed by atoms with Crippen molar-refractivity contribution in [3.63, 3.8) is 0 Å². The summed E-state index contributed by atoms with van der Waals surface area (Å²) >= 11 is 0. The molecule has 15 heavy (non-hydrogen) atoms. The maximum absolute atomic E-state index is 11.8. The lowest BCUT2D eigenvalue weighted by Crippen LogP contribution is -2.35. The molecule has 0 saturated carbocycles. The van der Waals surface area contributed by atoms with Gasteiger partial charge in [0, 0.05) is 26.6 Å². The molecule has 0 spiro atoms. The fraction of sp³-hybridized carbons (Fsp3) is 0.917. The predicted molar refractivity (Wildman–Crippen MR) is 60.7 cm³/mol. The molecule has 0 bridgehead atoms. The first-order chi connectivity index (χ1) is 6.88. The van der Waals surface area contributed by atoms with Gasteiger partial charge < -0.3 is 9.64 Å². The Morgan fingerprint density at radius 2 is 2.13 bits per heavy atom. The number of carbonyl (C=O) groups is 1. The van der Waals surface area contributed by atoms with E-state index in [0.29, 0.717) is 6.42 Å². The molecule has 1 aliphatic heterocycles. The lowest BCUT2D eigenvalue weighted by atomic mass is 9.91. The van der Waals surface area contributed by atoms with Crippen LogP contribution >= 0.6 is 0 Å². The van der Waals surface area contributed by atoms with E-state index in [9.17, 15) is 4.79 Å². The van der Waals surface area contributed by atoms with Crippen molar-refractivity contribution in [2.24, 2.45) is 5.41 Å². The standard InChI is InChI=1S/C12H23NO2/c1-12(2,3)8-11(14)13(4)9-10-6-5-7-15-10/h10H,5-9H2,1-4H3. The Bertz CT molecular complexity index is 214. The van der Waals surface area contributed by atoms with Crippen molar-refractivity contribution in [1.29, 1.82) is 0 Å². The maximum Gasteiger partial charge on any atom is 0.222 e. The molecule has 1 heterocycles. The van der Waals surface area contributed by atoms with Crippen LogP contribution in [0.2, 0.25) is 0 Å². The van der Waals surface area contributed by atoms with Gasteiger partial charge in [0.25, 0.3) is 0 Å². The van der Waals surface area contributed by atoms with E-state index in [0.717, 1.165) is 26.0 Å². The molecule has 1 fully saturated rings. The number of hydrogen-bond donors (Lipinski definition) is 0. The number of likely N-dealkylation sites (N-methyl/N-ethyl adjacent to an activating group) is 1. The Morgan fingerprint density at radius 3 is 2.60 bits per heavy atom. The van der Waals surface area contributed by atoms with Crippen LogP contribution in [0.3, 0.4) is 0 Å². The summed E-state index contributed by atoms with van der Waals surface area (Å²) in [5, 5.41) is 0. The van der Waals surface area contributed by atoms with Gasteiger partial charge in [0.05, 0.1) is 6.10 Å². The molecule has 1 amide bonds. The van der Waals surface area contributed by atoms with Crippen molar-refractivity contribution in [1.82, 2.24) is 4.90 Å². The molecule has 0 aromatic carbocycles. The molecule has 3 heteroatoms. The highest BCUT2D eigenvalue weighted by Gasteiger charge is 2.23. The second-order valence-corrected chi connectivity index (χ2v) is 5.65. The molecular formula is C12H23NO2. The zero-order chi connectivity index (χ0) is 11.5. The van der Waals surface area contributed by atoms with Crippen molar-refractivity contribution in [3.8, 4) is 0 Å². The third-order valence-corrected chi connectivity index (χ3v) is 2.61. The predicted octanol–water partition coefficient (Wildman–Crippen LogP) is 2.06. The van der Waals surface area contributed by atoms with Crippen LogP contribution in [-0.2, 0) is 9.53 Å². The summed E-state index contributed by atoms with van der Waals surface area (Å²) in [7, 11) is 1.87. The van der Waals surface area contributed by atoms with Gasteiger partial charge in [-0.2, -0.15) is 0 Å². The third kappa shape index (κ3) is 4.65. The van der Waals surface area contributed by atoms with Crippen LogP contribution in [0.5, 0.6) is 0 Å². The number of nitrogens with zero attached hydrogens (tertiary/aromatic N) is 1. The Hall–Kier alpha value is -0.570. The van der Waals surface area contributed by atoms with Crippen molar-refractivity contribution < 1.29 is 9.53 Å². The van der Waals surface area contributed by atoms with Crippen LogP contribution in [0.4, 0.5) is 0 Å². The van der Waals surface area contributed by atoms with Gasteiger partial charge in [0.2, 0.25) is 5.91 Å². The van der Waals surface area contributed by atoms with E-state index in [1.54, 1.807) is 4.90 Å². The fourth-order valence-corrected chi connectivity index (χ4v) is 1.78. The first kappa shape index (κ1) is 12.5. The smallest absolute Gasteiger partial charge is 0.222 e. The van der Waals surface area contributed by atoms with Crippen molar-refractivity contribution in [2.45, 2.75) is 46.1 Å². The van der Waals surface area contributed by atoms with Gasteiger partial charge in [-0.1, -0.05) is 20.8 Å². The average Bonchev–Trinajstić information content (AvgIpc) is 2.53. The highest BCUT2D eigenvalue weighted by atomic mass is 16.5. The third-order valence-electron chi connectivity index (χ3n) is 2.61. The van der Waals surface area contributed by atoms with Crippen LogP contribution in [0.25, 0.3) is 0 Å². The number of hydrogen-bond acceptors (Lipinski definition) is 2. The zero-order valence-corrected chi connectivity index (χ0v) is 10.4. The van der Waals surface area contributed by atoms with Gasteiger partial charge in [-0.15, -0.1) is 0 Å². The second kappa shape index (κ2) is 4.97. The minimum Gasteiger partial charge on any atom is -0.376 e. The quantitative estimate of drug-likeness (QED) is 0.718. The Labute approximate surface area is 92.8 Å². The van der Waals surface area contributed by atoms with E-state index in [4.69, 9.17) is 4.74 Å². The largest absolute Gasteiger partial charge is 0.376 e. The SMILES string of the molecule is CN(CC1CCCO1)C(=O)CC(C)(C)C. The zero-order valence-electron chi connectivity index (χ0n) is 10.4. The molecule has 0 radical (unpaired) electrons. The van der Waals surface area contributed by atoms with Crippen LogP contribution in [-0.4, -0.2) is 37.1 Å². The van der Waals surface area contributed by atoms with Crippen LogP contribution in [0.15, 0.2) is 0 Å². The molecule has 1 rings (SSSR count). The topological polar surface area (TPSA) is 29.5 Å². The molecule has 0 aliphatic carbocycles. The van der Waals surface area contributed by atoms with Crippen LogP contribution < -0.4 is 0 Å². The summed E-state index contributed by atoms with van der Waals surface area (Å²) in [4.78, 5) is 13.6. The summed E-state index contributed by atoms with van der Waals surface area (Å²) < 4.78 is 5.51. The Balaban J connectivity index is 2.32. The monoisotopic (exact) mass is 213 g/mol. The van der Waals surface area contributed by atoms with E-state index >= 15 is 0 Å². The maximum atomic E-state index is 11.8. The lowest BCUT2D eigenvalue weighted by Gasteiger charge is -2.25. The summed E-state index contributed by atoms with van der Waals surface area (Å²) in [5.41, 5.74) is 0.0713. The summed E-state index contributed by atoms with van der Waals surface area (Å²) in [6.07, 6.45) is 3.09. The second-order valence-electron chi connectivity index (χ2n) is 5.65. The van der Waals surface area contributed by atoms with E-state index < -0.39 is 0 Å². The van der Waals surface area contributed by atoms with Gasteiger partial charge in [-0.25, -0.2) is 0 Å². The molecule has 0 N–H and O–H groups in total. The van der Waals surface area contributed by atoms with E-state index in [1.165, 1.54) is 0 Å². The molecule has 3 nitrogen and oxygen atoms in total. The molecule has 1 unspecified atom stereocenters. The number of ether oxygens (including phenoxy) is 1. The molecule has 0 aromatic rings. The van der Waals surface area contributed by atoms with Crippen LogP contribution in [0.1, 0.15) is 40.0 Å². The van der Waals surface area contributed by atoms with E-state index in [2.05, 4.69) is 20.8 Å². The highest BCUT2D eigenvalue weighted by Crippen LogP contribution is 2.20. The van der Waals surface area contributed by atoms with Gasteiger partial charge in [0.1, 0.15) is 0 Å². The summed E-state index contributed by atoms with van der Waals surface area (Å²) in [6.45, 7) is 7.86. The first-order valence-corrected chi connectivity index (χ1v) is 5.74. The van der Waals surface area contributed by atoms with Crippen molar-refractivity contribution >= 4 is 5.91 Å². The molecule has 1 saturated heterocycles. The van der Waals surface area contributed by atoms with Crippen molar-refractivity contribution in [2.75, 3.05) is 20.2 Å². The first-order valence-electron chi connectivity index (χ1n) is 5.74. The van der Waals surface area contributed by atoms with Gasteiger partial charge in [0.15, 0.2) is 0 Å². The van der Waals surface area contributed by atoms with Gasteiger partial charge in [-0.3, -0.25) is 4.79 Å². The number of carbonyl (C=O) groups excluding carboxylic acids is 1. The summed E-state index contributed by atoms with van der Waals surface area (Å²) in [6, 6.07) is 0.